The largest absolute Gasteiger partial charge is 0.494 e. The molecule has 0 fully saturated rings. The first kappa shape index (κ1) is 38.3. The van der Waals surface area contributed by atoms with Crippen LogP contribution in [0.2, 0.25) is 0 Å². The van der Waals surface area contributed by atoms with E-state index in [1.54, 1.807) is 18.2 Å². The highest BCUT2D eigenvalue weighted by molar-refractivity contribution is 5.97. The second-order valence-electron chi connectivity index (χ2n) is 11.2. The number of benzene rings is 4. The molecule has 0 amide bonds. The van der Waals surface area contributed by atoms with Crippen LogP contribution in [-0.4, -0.2) is 43.1 Å². The number of fused-ring (bicyclic) bond motifs is 1. The van der Waals surface area contributed by atoms with E-state index in [2.05, 4.69) is 19.7 Å². The molecule has 268 valence electrons. The Hall–Kier alpha value is -6.49. The zero-order chi connectivity index (χ0) is 37.5. The van der Waals surface area contributed by atoms with E-state index in [0.717, 1.165) is 60.4 Å². The highest BCUT2D eigenvalue weighted by atomic mass is 16.6. The van der Waals surface area contributed by atoms with Crippen molar-refractivity contribution in [3.05, 3.63) is 127 Å². The third-order valence-electron chi connectivity index (χ3n) is 7.53. The monoisotopic (exact) mass is 706 g/mol. The van der Waals surface area contributed by atoms with Gasteiger partial charge < -0.3 is 28.4 Å². The second-order valence-corrected chi connectivity index (χ2v) is 11.2. The normalized spacial score (nSPS) is 10.4. The predicted molar refractivity (Wildman–Crippen MR) is 193 cm³/mol. The number of ether oxygens (including phenoxy) is 6. The van der Waals surface area contributed by atoms with Gasteiger partial charge in [-0.2, -0.15) is 0 Å². The number of unbranched alkanes of at least 4 members (excludes halogenated alkanes) is 3. The summed E-state index contributed by atoms with van der Waals surface area (Å²) in [6, 6.07) is 19.3. The maximum atomic E-state index is 13.2. The highest BCUT2D eigenvalue weighted by Gasteiger charge is 2.19. The van der Waals surface area contributed by atoms with E-state index < -0.39 is 29.8 Å². The van der Waals surface area contributed by atoms with E-state index >= 15 is 0 Å². The lowest BCUT2D eigenvalue weighted by Gasteiger charge is -2.13. The molecule has 4 aromatic carbocycles. The minimum absolute atomic E-state index is 0.00577. The molecule has 0 unspecified atom stereocenters. The smallest absolute Gasteiger partial charge is 0.343 e. The van der Waals surface area contributed by atoms with Crippen LogP contribution in [0.4, 0.5) is 0 Å². The molecule has 0 radical (unpaired) electrons. The molecule has 4 rings (SSSR count). The van der Waals surface area contributed by atoms with E-state index in [-0.39, 0.29) is 22.8 Å². The maximum absolute atomic E-state index is 13.2. The molecule has 0 aliphatic carbocycles. The van der Waals surface area contributed by atoms with Crippen LogP contribution in [0.15, 0.2) is 111 Å². The number of rotatable bonds is 18. The molecule has 0 aliphatic rings. The van der Waals surface area contributed by atoms with Crippen molar-refractivity contribution in [2.75, 3.05) is 13.2 Å². The van der Waals surface area contributed by atoms with Gasteiger partial charge in [-0.25, -0.2) is 24.0 Å². The first-order valence-electron chi connectivity index (χ1n) is 16.5. The number of carbonyl (C=O) groups excluding carboxylic acids is 5. The van der Waals surface area contributed by atoms with Crippen LogP contribution in [0.5, 0.6) is 28.7 Å². The second kappa shape index (κ2) is 19.0. The molecule has 0 aromatic heterocycles. The van der Waals surface area contributed by atoms with Crippen molar-refractivity contribution >= 4 is 40.6 Å². The van der Waals surface area contributed by atoms with Crippen LogP contribution >= 0.6 is 0 Å². The van der Waals surface area contributed by atoms with Crippen molar-refractivity contribution in [2.45, 2.75) is 39.0 Å². The Balaban J connectivity index is 1.35. The molecule has 52 heavy (non-hydrogen) atoms. The molecule has 11 heteroatoms. The molecular formula is C41H38O11. The Kier molecular flexibility index (Phi) is 14.0. The molecule has 0 saturated heterocycles. The van der Waals surface area contributed by atoms with Gasteiger partial charge in [0.25, 0.3) is 0 Å². The molecule has 0 saturated carbocycles. The van der Waals surface area contributed by atoms with E-state index in [9.17, 15) is 24.0 Å². The van der Waals surface area contributed by atoms with Gasteiger partial charge in [0.15, 0.2) is 11.5 Å². The van der Waals surface area contributed by atoms with Gasteiger partial charge >= 0.3 is 29.8 Å². The average Bonchev–Trinajstić information content (AvgIpc) is 3.16. The molecule has 11 nitrogen and oxygen atoms in total. The van der Waals surface area contributed by atoms with Crippen molar-refractivity contribution in [1.82, 2.24) is 0 Å². The fourth-order valence-electron chi connectivity index (χ4n) is 4.84. The topological polar surface area (TPSA) is 141 Å². The summed E-state index contributed by atoms with van der Waals surface area (Å²) >= 11 is 0. The van der Waals surface area contributed by atoms with E-state index in [1.165, 1.54) is 30.3 Å². The third kappa shape index (κ3) is 11.0. The number of hydrogen-bond donors (Lipinski definition) is 0. The summed E-state index contributed by atoms with van der Waals surface area (Å²) in [5, 5.41) is 1.74. The van der Waals surface area contributed by atoms with Crippen molar-refractivity contribution in [3.63, 3.8) is 0 Å². The zero-order valence-electron chi connectivity index (χ0n) is 28.7. The van der Waals surface area contributed by atoms with E-state index in [0.29, 0.717) is 36.5 Å². The van der Waals surface area contributed by atoms with Crippen LogP contribution < -0.4 is 23.7 Å². The Morgan fingerprint density at radius 2 is 1.12 bits per heavy atom. The lowest BCUT2D eigenvalue weighted by atomic mass is 10.1. The molecule has 4 aromatic rings. The Morgan fingerprint density at radius 1 is 0.538 bits per heavy atom. The van der Waals surface area contributed by atoms with Gasteiger partial charge in [0.05, 0.1) is 24.3 Å². The lowest BCUT2D eigenvalue weighted by molar-refractivity contribution is -0.138. The van der Waals surface area contributed by atoms with Gasteiger partial charge in [0.1, 0.15) is 17.2 Å². The highest BCUT2D eigenvalue weighted by Crippen LogP contribution is 2.31. The third-order valence-corrected chi connectivity index (χ3v) is 7.53. The number of esters is 5. The molecule has 0 atom stereocenters. The van der Waals surface area contributed by atoms with E-state index in [4.69, 9.17) is 28.4 Å². The summed E-state index contributed by atoms with van der Waals surface area (Å²) in [5.41, 5.74) is 0.976. The number of carbonyl (C=O) groups is 5. The molecular weight excluding hydrogens is 668 g/mol. The van der Waals surface area contributed by atoms with Crippen molar-refractivity contribution in [2.24, 2.45) is 0 Å². The molecule has 0 N–H and O–H groups in total. The standard InChI is InChI=1S/C41H38O11/c1-5-27-24-33(49-40(45)31-16-19-35(50-38(43)7-3)36(26-31)51-39(44)8-4)18-20-34(27)52-41(46)30-14-13-29-25-32(17-15-28(29)23-30)47-21-11-9-10-12-22-48-37(42)6-2/h6-8,13-20,23-26H,2-5,9-12,21-22H2,1H3. The van der Waals surface area contributed by atoms with Gasteiger partial charge in [-0.3, -0.25) is 0 Å². The van der Waals surface area contributed by atoms with Crippen LogP contribution in [0.3, 0.4) is 0 Å². The summed E-state index contributed by atoms with van der Waals surface area (Å²) < 4.78 is 32.4. The molecule has 0 heterocycles. The van der Waals surface area contributed by atoms with E-state index in [1.807, 2.05) is 31.2 Å². The fraction of sp³-hybridized carbons (Fsp3) is 0.195. The average molecular weight is 707 g/mol. The maximum Gasteiger partial charge on any atom is 0.343 e. The number of hydrogen-bond acceptors (Lipinski definition) is 11. The Morgan fingerprint density at radius 3 is 1.83 bits per heavy atom. The van der Waals surface area contributed by atoms with Crippen molar-refractivity contribution in [3.8, 4) is 28.7 Å². The van der Waals surface area contributed by atoms with Crippen LogP contribution in [0.1, 0.15) is 58.9 Å². The quantitative estimate of drug-likeness (QED) is 0.0435. The van der Waals surface area contributed by atoms with Gasteiger partial charge in [0, 0.05) is 18.2 Å². The first-order chi connectivity index (χ1) is 25.1. The predicted octanol–water partition coefficient (Wildman–Crippen LogP) is 7.69. The van der Waals surface area contributed by atoms with Gasteiger partial charge in [-0.15, -0.1) is 0 Å². The fourth-order valence-corrected chi connectivity index (χ4v) is 4.84. The van der Waals surface area contributed by atoms with Crippen LogP contribution in [-0.2, 0) is 25.5 Å². The first-order valence-corrected chi connectivity index (χ1v) is 16.5. The molecule has 0 bridgehead atoms. The summed E-state index contributed by atoms with van der Waals surface area (Å²) in [5.74, 6) is -2.46. The summed E-state index contributed by atoms with van der Waals surface area (Å²) in [7, 11) is 0. The van der Waals surface area contributed by atoms with Gasteiger partial charge in [-0.1, -0.05) is 38.8 Å². The van der Waals surface area contributed by atoms with Gasteiger partial charge in [-0.05, 0) is 109 Å². The van der Waals surface area contributed by atoms with Crippen LogP contribution in [0.25, 0.3) is 10.8 Å². The zero-order valence-corrected chi connectivity index (χ0v) is 28.7. The van der Waals surface area contributed by atoms with Crippen molar-refractivity contribution in [1.29, 1.82) is 0 Å². The van der Waals surface area contributed by atoms with Crippen molar-refractivity contribution < 1.29 is 52.4 Å². The summed E-state index contributed by atoms with van der Waals surface area (Å²) in [4.78, 5) is 60.7. The minimum Gasteiger partial charge on any atom is -0.494 e. The SMILES string of the molecule is C=CC(=O)OCCCCCCOc1ccc2cc(C(=O)Oc3ccc(OC(=O)c4ccc(OC(=O)C=C)c(OC(=O)C=C)c4)cc3CC)ccc2c1. The molecule has 0 aliphatic heterocycles. The molecule has 0 spiro atoms. The Labute approximate surface area is 301 Å². The van der Waals surface area contributed by atoms with Gasteiger partial charge in [0.2, 0.25) is 0 Å². The lowest BCUT2D eigenvalue weighted by Crippen LogP contribution is -2.12. The Bertz CT molecular complexity index is 1990. The summed E-state index contributed by atoms with van der Waals surface area (Å²) in [6.07, 6.45) is 6.99. The number of aryl methyl sites for hydroxylation is 1. The summed E-state index contributed by atoms with van der Waals surface area (Å²) in [6.45, 7) is 12.8. The van der Waals surface area contributed by atoms with Crippen LogP contribution in [0, 0.1) is 0 Å². The minimum atomic E-state index is -0.829.